The van der Waals surface area contributed by atoms with E-state index >= 15 is 0 Å². The van der Waals surface area contributed by atoms with E-state index in [2.05, 4.69) is 20.6 Å². The maximum Gasteiger partial charge on any atom is 0.240 e. The van der Waals surface area contributed by atoms with Gasteiger partial charge in [-0.25, -0.2) is 9.97 Å². The summed E-state index contributed by atoms with van der Waals surface area (Å²) < 4.78 is 0. The SMILES string of the molecule is CC(C)[C@H](N[C@@H](Cc1ccccc1)[C@H](O)[C@@H](O)[C@H](Cc1ccccc1)N[C@H](C(=O)N(C)Cc1csc(N)n1)C(C)C)C(=O)N(C)Cc1cscn1. The number of thiazole rings is 2. The second-order valence-corrected chi connectivity index (χ2v) is 15.5. The first-order chi connectivity index (χ1) is 24.3. The Labute approximate surface area is 309 Å². The summed E-state index contributed by atoms with van der Waals surface area (Å²) in [4.78, 5) is 39.7. The fraction of sp³-hybridized carbons (Fsp3) is 0.474. The number of anilines is 1. The highest BCUT2D eigenvalue weighted by Gasteiger charge is 2.38. The predicted octanol–water partition coefficient (Wildman–Crippen LogP) is 3.97. The van der Waals surface area contributed by atoms with Gasteiger partial charge in [0.05, 0.1) is 54.3 Å². The van der Waals surface area contributed by atoms with Gasteiger partial charge in [-0.1, -0.05) is 88.4 Å². The van der Waals surface area contributed by atoms with E-state index in [0.29, 0.717) is 30.2 Å². The molecule has 6 N–H and O–H groups in total. The van der Waals surface area contributed by atoms with Crippen LogP contribution in [-0.4, -0.2) is 92.3 Å². The van der Waals surface area contributed by atoms with E-state index in [0.717, 1.165) is 16.8 Å². The molecular weight excluding hydrogens is 683 g/mol. The number of benzene rings is 2. The molecule has 0 fully saturated rings. The molecule has 0 saturated heterocycles. The summed E-state index contributed by atoms with van der Waals surface area (Å²) in [7, 11) is 3.47. The Hall–Kier alpha value is -3.72. The third-order valence-electron chi connectivity index (χ3n) is 9.03. The summed E-state index contributed by atoms with van der Waals surface area (Å²) in [5, 5.41) is 35.4. The van der Waals surface area contributed by atoms with Crippen molar-refractivity contribution in [3.8, 4) is 0 Å². The molecule has 2 amide bonds. The monoisotopic (exact) mass is 735 g/mol. The molecule has 2 aromatic carbocycles. The van der Waals surface area contributed by atoms with Crippen molar-refractivity contribution in [1.82, 2.24) is 30.4 Å². The number of rotatable bonds is 19. The van der Waals surface area contributed by atoms with Crippen LogP contribution in [0.1, 0.15) is 50.2 Å². The van der Waals surface area contributed by atoms with Gasteiger partial charge in [0.15, 0.2) is 5.13 Å². The Kier molecular flexibility index (Phi) is 15.1. The molecule has 4 rings (SSSR count). The number of nitrogens with one attached hydrogen (secondary N) is 2. The lowest BCUT2D eigenvalue weighted by Gasteiger charge is -2.38. The van der Waals surface area contributed by atoms with Crippen LogP contribution in [0, 0.1) is 11.8 Å². The number of nitrogens with zero attached hydrogens (tertiary/aromatic N) is 4. The smallest absolute Gasteiger partial charge is 0.240 e. The quantitative estimate of drug-likeness (QED) is 0.0962. The molecule has 2 aromatic heterocycles. The van der Waals surface area contributed by atoms with Crippen LogP contribution in [-0.2, 0) is 35.5 Å². The lowest BCUT2D eigenvalue weighted by Crippen LogP contribution is -2.62. The van der Waals surface area contributed by atoms with Crippen LogP contribution < -0.4 is 16.4 Å². The number of aliphatic hydroxyl groups excluding tert-OH is 2. The molecule has 4 aromatic rings. The van der Waals surface area contributed by atoms with Crippen molar-refractivity contribution in [2.45, 2.75) is 90.0 Å². The molecule has 276 valence electrons. The van der Waals surface area contributed by atoms with Crippen LogP contribution >= 0.6 is 22.7 Å². The average Bonchev–Trinajstić information content (AvgIpc) is 3.78. The molecule has 13 heteroatoms. The molecule has 0 unspecified atom stereocenters. The van der Waals surface area contributed by atoms with Gasteiger partial charge in [0.25, 0.3) is 0 Å². The molecule has 0 spiro atoms. The van der Waals surface area contributed by atoms with Crippen molar-refractivity contribution in [3.63, 3.8) is 0 Å². The summed E-state index contributed by atoms with van der Waals surface area (Å²) >= 11 is 2.80. The molecule has 0 bridgehead atoms. The van der Waals surface area contributed by atoms with Crippen LogP contribution in [0.2, 0.25) is 0 Å². The maximum absolute atomic E-state index is 13.9. The molecule has 51 heavy (non-hydrogen) atoms. The van der Waals surface area contributed by atoms with Crippen LogP contribution in [0.5, 0.6) is 0 Å². The Balaban J connectivity index is 1.62. The van der Waals surface area contributed by atoms with Gasteiger partial charge in [-0.05, 0) is 35.8 Å². The van der Waals surface area contributed by atoms with E-state index in [1.165, 1.54) is 22.7 Å². The molecular formula is C38H53N7O4S2. The Bertz CT molecular complexity index is 1620. The van der Waals surface area contributed by atoms with Gasteiger partial charge in [-0.2, -0.15) is 0 Å². The van der Waals surface area contributed by atoms with Gasteiger partial charge in [0.1, 0.15) is 0 Å². The molecule has 11 nitrogen and oxygen atoms in total. The standard InChI is InChI=1S/C38H53N7O4S2/c1-24(2)32(36(48)44(5)19-28-21-50-23-40-28)42-30(17-26-13-9-7-10-14-26)34(46)35(47)31(18-27-15-11-8-12-16-27)43-33(25(3)4)37(49)45(6)20-29-22-51-38(39)41-29/h7-16,21-25,30-35,42-43,46-47H,17-20H2,1-6H3,(H2,39,41)/t30-,31-,32-,33-,34-,35-/m0/s1. The summed E-state index contributed by atoms with van der Waals surface area (Å²) in [5.41, 5.74) is 11.0. The second-order valence-electron chi connectivity index (χ2n) is 13.9. The predicted molar refractivity (Wildman–Crippen MR) is 205 cm³/mol. The minimum absolute atomic E-state index is 0.122. The fourth-order valence-electron chi connectivity index (χ4n) is 6.16. The van der Waals surface area contributed by atoms with Crippen LogP contribution in [0.25, 0.3) is 0 Å². The first-order valence-corrected chi connectivity index (χ1v) is 19.2. The van der Waals surface area contributed by atoms with Crippen molar-refractivity contribution in [3.05, 3.63) is 99.4 Å². The lowest BCUT2D eigenvalue weighted by molar-refractivity contribution is -0.136. The van der Waals surface area contributed by atoms with Gasteiger partial charge < -0.3 is 25.7 Å². The number of carbonyl (C=O) groups excluding carboxylic acids is 2. The number of aromatic nitrogens is 2. The number of likely N-dealkylation sites (N-methyl/N-ethyl adjacent to an activating group) is 2. The number of carbonyl (C=O) groups is 2. The number of aliphatic hydroxyl groups is 2. The van der Waals surface area contributed by atoms with E-state index in [1.54, 1.807) is 29.4 Å². The number of nitrogens with two attached hydrogens (primary N) is 1. The normalized spacial score (nSPS) is 15.3. The molecule has 6 atom stereocenters. The topological polar surface area (TPSA) is 157 Å². The number of hydrogen-bond donors (Lipinski definition) is 5. The summed E-state index contributed by atoms with van der Waals surface area (Å²) in [5.74, 6) is -0.559. The lowest BCUT2D eigenvalue weighted by atomic mass is 9.88. The number of hydrogen-bond acceptors (Lipinski definition) is 11. The van der Waals surface area contributed by atoms with E-state index < -0.39 is 36.4 Å². The minimum atomic E-state index is -1.32. The minimum Gasteiger partial charge on any atom is -0.389 e. The number of nitrogen functional groups attached to an aromatic ring is 1. The Morgan fingerprint density at radius 2 is 1.20 bits per heavy atom. The van der Waals surface area contributed by atoms with Crippen LogP contribution in [0.15, 0.2) is 76.9 Å². The van der Waals surface area contributed by atoms with Crippen molar-refractivity contribution < 1.29 is 19.8 Å². The number of amides is 2. The fourth-order valence-corrected chi connectivity index (χ4v) is 7.26. The summed E-state index contributed by atoms with van der Waals surface area (Å²) in [6.45, 7) is 8.48. The van der Waals surface area contributed by atoms with Crippen LogP contribution in [0.3, 0.4) is 0 Å². The van der Waals surface area contributed by atoms with Crippen LogP contribution in [0.4, 0.5) is 5.13 Å². The first kappa shape index (κ1) is 40.1. The molecule has 2 heterocycles. The third-order valence-corrected chi connectivity index (χ3v) is 10.4. The van der Waals surface area contributed by atoms with Gasteiger partial charge in [-0.15, -0.1) is 22.7 Å². The molecule has 0 saturated carbocycles. The third kappa shape index (κ3) is 11.6. The summed E-state index contributed by atoms with van der Waals surface area (Å²) in [6, 6.07) is 16.7. The van der Waals surface area contributed by atoms with Gasteiger partial charge in [0.2, 0.25) is 11.8 Å². The molecule has 0 aliphatic carbocycles. The molecule has 0 aliphatic rings. The Morgan fingerprint density at radius 3 is 1.57 bits per heavy atom. The zero-order chi connectivity index (χ0) is 37.1. The zero-order valence-electron chi connectivity index (χ0n) is 30.3. The summed E-state index contributed by atoms with van der Waals surface area (Å²) in [6.07, 6.45) is -1.93. The van der Waals surface area contributed by atoms with E-state index in [-0.39, 0.29) is 30.2 Å². The Morgan fingerprint density at radius 1 is 0.745 bits per heavy atom. The highest BCUT2D eigenvalue weighted by molar-refractivity contribution is 7.13. The van der Waals surface area contributed by atoms with Crippen molar-refractivity contribution in [2.75, 3.05) is 19.8 Å². The zero-order valence-corrected chi connectivity index (χ0v) is 32.0. The maximum atomic E-state index is 13.9. The van der Waals surface area contributed by atoms with E-state index in [4.69, 9.17) is 5.73 Å². The van der Waals surface area contributed by atoms with Gasteiger partial charge in [-0.3, -0.25) is 20.2 Å². The van der Waals surface area contributed by atoms with E-state index in [9.17, 15) is 19.8 Å². The van der Waals surface area contributed by atoms with Crippen molar-refractivity contribution in [1.29, 1.82) is 0 Å². The highest BCUT2D eigenvalue weighted by Crippen LogP contribution is 2.20. The highest BCUT2D eigenvalue weighted by atomic mass is 32.1. The van der Waals surface area contributed by atoms with Crippen molar-refractivity contribution >= 4 is 39.6 Å². The van der Waals surface area contributed by atoms with E-state index in [1.807, 2.05) is 99.1 Å². The molecule has 0 aliphatic heterocycles. The molecule has 0 radical (unpaired) electrons. The first-order valence-electron chi connectivity index (χ1n) is 17.4. The van der Waals surface area contributed by atoms with Gasteiger partial charge >= 0.3 is 0 Å². The van der Waals surface area contributed by atoms with Gasteiger partial charge in [0, 0.05) is 36.9 Å². The van der Waals surface area contributed by atoms with Crippen molar-refractivity contribution in [2.24, 2.45) is 11.8 Å². The largest absolute Gasteiger partial charge is 0.389 e. The average molecular weight is 736 g/mol. The second kappa shape index (κ2) is 19.2.